The molecule has 0 aliphatic carbocycles. The van der Waals surface area contributed by atoms with Gasteiger partial charge in [-0.05, 0) is 22.5 Å². The molecule has 2 heteroatoms. The van der Waals surface area contributed by atoms with Crippen molar-refractivity contribution >= 4 is 19.4 Å². The molecule has 0 aliphatic heterocycles. The van der Waals surface area contributed by atoms with Crippen molar-refractivity contribution in [1.29, 1.82) is 0 Å². The number of benzene rings is 3. The molecule has 0 saturated heterocycles. The van der Waals surface area contributed by atoms with E-state index in [1.165, 1.54) is 10.4 Å². The van der Waals surface area contributed by atoms with E-state index < -0.39 is 9.04 Å². The van der Waals surface area contributed by atoms with Crippen LogP contribution in [0.25, 0.3) is 0 Å². The Morgan fingerprint density at radius 1 is 0.500 bits per heavy atom. The second kappa shape index (κ2) is 6.22. The monoisotopic (exact) mass is 275 g/mol. The van der Waals surface area contributed by atoms with Crippen molar-refractivity contribution in [3.63, 3.8) is 0 Å². The lowest BCUT2D eigenvalue weighted by Crippen LogP contribution is -2.47. The van der Waals surface area contributed by atoms with Crippen LogP contribution in [0, 0.1) is 0 Å². The first kappa shape index (κ1) is 12.7. The maximum atomic E-state index is 6.29. The largest absolute Gasteiger partial charge is 0.533 e. The van der Waals surface area contributed by atoms with Crippen LogP contribution in [0.5, 0.6) is 5.75 Å². The predicted molar refractivity (Wildman–Crippen MR) is 85.0 cm³/mol. The highest BCUT2D eigenvalue weighted by Gasteiger charge is 2.20. The van der Waals surface area contributed by atoms with E-state index in [4.69, 9.17) is 4.43 Å². The summed E-state index contributed by atoms with van der Waals surface area (Å²) in [5, 5.41) is 2.51. The molecule has 20 heavy (non-hydrogen) atoms. The molecule has 1 radical (unpaired) electrons. The predicted octanol–water partition coefficient (Wildman–Crippen LogP) is 2.87. The van der Waals surface area contributed by atoms with Gasteiger partial charge in [0.1, 0.15) is 5.75 Å². The van der Waals surface area contributed by atoms with Gasteiger partial charge in [-0.1, -0.05) is 78.9 Å². The normalized spacial score (nSPS) is 10.4. The highest BCUT2D eigenvalue weighted by molar-refractivity contribution is 6.80. The van der Waals surface area contributed by atoms with Crippen molar-refractivity contribution in [3.8, 4) is 5.75 Å². The Hall–Kier alpha value is -2.32. The minimum Gasteiger partial charge on any atom is -0.533 e. The second-order valence-corrected chi connectivity index (χ2v) is 6.49. The maximum Gasteiger partial charge on any atom is 0.352 e. The zero-order valence-corrected chi connectivity index (χ0v) is 12.1. The summed E-state index contributed by atoms with van der Waals surface area (Å²) in [6.07, 6.45) is 0. The third-order valence-corrected chi connectivity index (χ3v) is 5.19. The van der Waals surface area contributed by atoms with Crippen molar-refractivity contribution in [3.05, 3.63) is 91.0 Å². The average molecular weight is 275 g/mol. The molecule has 0 aromatic heterocycles. The van der Waals surface area contributed by atoms with E-state index in [0.717, 1.165) is 5.75 Å². The zero-order valence-electron chi connectivity index (χ0n) is 11.1. The van der Waals surface area contributed by atoms with Crippen molar-refractivity contribution < 1.29 is 4.43 Å². The molecule has 0 atom stereocenters. The number of para-hydroxylation sites is 1. The van der Waals surface area contributed by atoms with Crippen LogP contribution < -0.4 is 14.8 Å². The molecular weight excluding hydrogens is 260 g/mol. The summed E-state index contributed by atoms with van der Waals surface area (Å²) in [6.45, 7) is 0. The first-order valence-corrected chi connectivity index (χ1v) is 8.05. The minimum atomic E-state index is -1.25. The molecule has 3 aromatic carbocycles. The smallest absolute Gasteiger partial charge is 0.352 e. The lowest BCUT2D eigenvalue weighted by molar-refractivity contribution is 0.592. The molecule has 0 bridgehead atoms. The van der Waals surface area contributed by atoms with Gasteiger partial charge in [0.2, 0.25) is 0 Å². The molecule has 97 valence electrons. The molecule has 0 fully saturated rings. The van der Waals surface area contributed by atoms with Crippen LogP contribution in [-0.2, 0) is 0 Å². The highest BCUT2D eigenvalue weighted by atomic mass is 28.3. The lowest BCUT2D eigenvalue weighted by Gasteiger charge is -2.17. The van der Waals surface area contributed by atoms with Crippen molar-refractivity contribution in [2.45, 2.75) is 0 Å². The van der Waals surface area contributed by atoms with Gasteiger partial charge in [0.05, 0.1) is 0 Å². The third kappa shape index (κ3) is 2.98. The summed E-state index contributed by atoms with van der Waals surface area (Å²) >= 11 is 0. The molecule has 0 spiro atoms. The van der Waals surface area contributed by atoms with Gasteiger partial charge >= 0.3 is 9.04 Å². The fourth-order valence-electron chi connectivity index (χ4n) is 2.07. The van der Waals surface area contributed by atoms with Gasteiger partial charge in [-0.3, -0.25) is 0 Å². The minimum absolute atomic E-state index is 0.925. The summed E-state index contributed by atoms with van der Waals surface area (Å²) in [5.41, 5.74) is 0. The molecule has 0 heterocycles. The van der Waals surface area contributed by atoms with E-state index in [1.807, 2.05) is 42.5 Å². The van der Waals surface area contributed by atoms with Gasteiger partial charge in [0.25, 0.3) is 0 Å². The first-order valence-electron chi connectivity index (χ1n) is 6.64. The Morgan fingerprint density at radius 2 is 0.900 bits per heavy atom. The summed E-state index contributed by atoms with van der Waals surface area (Å²) in [6, 6.07) is 31.0. The molecule has 1 nitrogen and oxygen atoms in total. The second-order valence-electron chi connectivity index (χ2n) is 4.48. The van der Waals surface area contributed by atoms with E-state index in [2.05, 4.69) is 48.5 Å². The van der Waals surface area contributed by atoms with Crippen LogP contribution in [0.4, 0.5) is 0 Å². The topological polar surface area (TPSA) is 9.23 Å². The van der Waals surface area contributed by atoms with E-state index in [9.17, 15) is 0 Å². The van der Waals surface area contributed by atoms with E-state index in [-0.39, 0.29) is 0 Å². The Bertz CT molecular complexity index is 599. The number of hydrogen-bond acceptors (Lipinski definition) is 1. The first-order chi connectivity index (χ1) is 9.93. The van der Waals surface area contributed by atoms with Crippen LogP contribution in [0.2, 0.25) is 0 Å². The summed E-state index contributed by atoms with van der Waals surface area (Å²) in [7, 11) is -1.25. The van der Waals surface area contributed by atoms with Gasteiger partial charge in [-0.25, -0.2) is 0 Å². The van der Waals surface area contributed by atoms with Crippen LogP contribution >= 0.6 is 0 Å². The number of hydrogen-bond donors (Lipinski definition) is 0. The highest BCUT2D eigenvalue weighted by Crippen LogP contribution is 2.10. The summed E-state index contributed by atoms with van der Waals surface area (Å²) < 4.78 is 6.29. The van der Waals surface area contributed by atoms with Crippen LogP contribution in [0.3, 0.4) is 0 Å². The SMILES string of the molecule is c1ccc(O[Si](c2ccccc2)c2ccccc2)cc1. The molecule has 0 N–H and O–H groups in total. The molecule has 0 aliphatic rings. The Morgan fingerprint density at radius 3 is 1.35 bits per heavy atom. The maximum absolute atomic E-state index is 6.29. The molecule has 3 aromatic rings. The van der Waals surface area contributed by atoms with E-state index >= 15 is 0 Å². The van der Waals surface area contributed by atoms with E-state index in [1.54, 1.807) is 0 Å². The molecule has 0 saturated carbocycles. The van der Waals surface area contributed by atoms with E-state index in [0.29, 0.717) is 0 Å². The average Bonchev–Trinajstić information content (AvgIpc) is 2.55. The van der Waals surface area contributed by atoms with Gasteiger partial charge in [-0.2, -0.15) is 0 Å². The third-order valence-electron chi connectivity index (χ3n) is 3.04. The van der Waals surface area contributed by atoms with Crippen molar-refractivity contribution in [2.75, 3.05) is 0 Å². The van der Waals surface area contributed by atoms with Gasteiger partial charge in [0.15, 0.2) is 0 Å². The quantitative estimate of drug-likeness (QED) is 0.665. The fourth-order valence-corrected chi connectivity index (χ4v) is 4.00. The standard InChI is InChI=1S/C18H15OSi/c1-4-10-16(11-5-1)19-20(17-12-6-2-7-13-17)18-14-8-3-9-15-18/h1-15H. The fraction of sp³-hybridized carbons (Fsp3) is 0. The summed E-state index contributed by atoms with van der Waals surface area (Å²) in [4.78, 5) is 0. The van der Waals surface area contributed by atoms with Crippen molar-refractivity contribution in [1.82, 2.24) is 0 Å². The van der Waals surface area contributed by atoms with Crippen molar-refractivity contribution in [2.24, 2.45) is 0 Å². The van der Waals surface area contributed by atoms with Crippen LogP contribution in [0.15, 0.2) is 91.0 Å². The zero-order chi connectivity index (χ0) is 13.6. The van der Waals surface area contributed by atoms with Crippen LogP contribution in [-0.4, -0.2) is 9.04 Å². The van der Waals surface area contributed by atoms with Gasteiger partial charge in [0, 0.05) is 0 Å². The Kier molecular flexibility index (Phi) is 3.95. The molecule has 0 unspecified atom stereocenters. The summed E-state index contributed by atoms with van der Waals surface area (Å²) in [5.74, 6) is 0.925. The van der Waals surface area contributed by atoms with Gasteiger partial charge < -0.3 is 4.43 Å². The van der Waals surface area contributed by atoms with Crippen LogP contribution in [0.1, 0.15) is 0 Å². The molecular formula is C18H15OSi. The Balaban J connectivity index is 1.96. The Labute approximate surface area is 121 Å². The molecule has 3 rings (SSSR count). The number of rotatable bonds is 4. The van der Waals surface area contributed by atoms with Gasteiger partial charge in [-0.15, -0.1) is 0 Å². The molecule has 0 amide bonds. The lowest BCUT2D eigenvalue weighted by atomic mass is 10.3.